The van der Waals surface area contributed by atoms with Crippen LogP contribution in [0.1, 0.15) is 36.4 Å². The van der Waals surface area contributed by atoms with Crippen molar-refractivity contribution in [3.63, 3.8) is 0 Å². The van der Waals surface area contributed by atoms with Crippen LogP contribution >= 0.6 is 11.3 Å². The van der Waals surface area contributed by atoms with Gasteiger partial charge < -0.3 is 11.1 Å². The lowest BCUT2D eigenvalue weighted by molar-refractivity contribution is -0.122. The molecule has 1 heterocycles. The molecule has 1 aliphatic carbocycles. The number of carbonyl (C=O) groups excluding carboxylic acids is 1. The van der Waals surface area contributed by atoms with Gasteiger partial charge in [-0.15, -0.1) is 11.3 Å². The number of nitrogens with zero attached hydrogens (tertiary/aromatic N) is 1. The third-order valence-corrected chi connectivity index (χ3v) is 5.03. The average molecular weight is 319 g/mol. The first-order chi connectivity index (χ1) is 10.5. The normalized spacial score (nSPS) is 18.6. The first-order valence-electron chi connectivity index (χ1n) is 7.36. The van der Waals surface area contributed by atoms with Crippen LogP contribution in [0.4, 0.5) is 4.39 Å². The van der Waals surface area contributed by atoms with Gasteiger partial charge in [0.1, 0.15) is 10.8 Å². The van der Waals surface area contributed by atoms with E-state index in [1.54, 1.807) is 30.4 Å². The van der Waals surface area contributed by atoms with Crippen LogP contribution in [-0.4, -0.2) is 16.9 Å². The summed E-state index contributed by atoms with van der Waals surface area (Å²) >= 11 is 1.57. The van der Waals surface area contributed by atoms with Gasteiger partial charge in [-0.05, 0) is 50.5 Å². The maximum atomic E-state index is 13.0. The van der Waals surface area contributed by atoms with Gasteiger partial charge in [-0.1, -0.05) is 0 Å². The van der Waals surface area contributed by atoms with Crippen molar-refractivity contribution in [3.8, 4) is 10.6 Å². The molecule has 2 atom stereocenters. The van der Waals surface area contributed by atoms with Crippen LogP contribution in [0, 0.1) is 5.82 Å². The SMILES string of the molecule is C[C@H](N)C(=O)NC1CCCc2nc(-c3ccc(F)cc3)sc21. The molecule has 1 unspecified atom stereocenters. The highest BCUT2D eigenvalue weighted by atomic mass is 32.1. The Morgan fingerprint density at radius 3 is 2.86 bits per heavy atom. The predicted molar refractivity (Wildman–Crippen MR) is 85.0 cm³/mol. The predicted octanol–water partition coefficient (Wildman–Crippen LogP) is 2.79. The smallest absolute Gasteiger partial charge is 0.237 e. The van der Waals surface area contributed by atoms with E-state index in [1.165, 1.54) is 12.1 Å². The molecule has 3 N–H and O–H groups in total. The van der Waals surface area contributed by atoms with Crippen molar-refractivity contribution in [2.75, 3.05) is 0 Å². The minimum Gasteiger partial charge on any atom is -0.347 e. The van der Waals surface area contributed by atoms with E-state index in [4.69, 9.17) is 5.73 Å². The Morgan fingerprint density at radius 1 is 1.45 bits per heavy atom. The number of benzene rings is 1. The Labute approximate surface area is 132 Å². The second kappa shape index (κ2) is 6.14. The molecular formula is C16H18FN3OS. The van der Waals surface area contributed by atoms with Crippen molar-refractivity contribution >= 4 is 17.2 Å². The maximum absolute atomic E-state index is 13.0. The number of hydrogen-bond donors (Lipinski definition) is 2. The summed E-state index contributed by atoms with van der Waals surface area (Å²) in [6, 6.07) is 5.80. The number of hydrogen-bond acceptors (Lipinski definition) is 4. The molecule has 22 heavy (non-hydrogen) atoms. The zero-order chi connectivity index (χ0) is 15.7. The first-order valence-corrected chi connectivity index (χ1v) is 8.17. The third-order valence-electron chi connectivity index (χ3n) is 3.77. The van der Waals surface area contributed by atoms with E-state index < -0.39 is 6.04 Å². The molecule has 6 heteroatoms. The minimum atomic E-state index is -0.519. The molecule has 1 aliphatic rings. The topological polar surface area (TPSA) is 68.0 Å². The van der Waals surface area contributed by atoms with Crippen LogP contribution in [0.15, 0.2) is 24.3 Å². The van der Waals surface area contributed by atoms with Gasteiger partial charge in [0.15, 0.2) is 0 Å². The summed E-state index contributed by atoms with van der Waals surface area (Å²) in [7, 11) is 0. The fraction of sp³-hybridized carbons (Fsp3) is 0.375. The molecule has 1 aromatic heterocycles. The number of nitrogens with two attached hydrogens (primary N) is 1. The molecule has 0 spiro atoms. The minimum absolute atomic E-state index is 0.0195. The van der Waals surface area contributed by atoms with Gasteiger partial charge in [0.2, 0.25) is 5.91 Å². The highest BCUT2D eigenvalue weighted by Gasteiger charge is 2.26. The molecule has 0 bridgehead atoms. The molecule has 0 saturated carbocycles. The van der Waals surface area contributed by atoms with Crippen molar-refractivity contribution in [2.45, 2.75) is 38.3 Å². The van der Waals surface area contributed by atoms with Crippen LogP contribution in [0.25, 0.3) is 10.6 Å². The van der Waals surface area contributed by atoms with E-state index in [-0.39, 0.29) is 17.8 Å². The van der Waals surface area contributed by atoms with Crippen molar-refractivity contribution in [3.05, 3.63) is 40.7 Å². The second-order valence-corrected chi connectivity index (χ2v) is 6.61. The number of rotatable bonds is 3. The number of thiazole rings is 1. The standard InChI is InChI=1S/C16H18FN3OS/c1-9(18)15(21)19-12-3-2-4-13-14(12)22-16(20-13)10-5-7-11(17)8-6-10/h5-9,12H,2-4,18H2,1H3,(H,19,21)/t9-,12?/m0/s1. The third kappa shape index (κ3) is 3.03. The highest BCUT2D eigenvalue weighted by molar-refractivity contribution is 7.15. The van der Waals surface area contributed by atoms with Gasteiger partial charge >= 0.3 is 0 Å². The number of halogens is 1. The zero-order valence-electron chi connectivity index (χ0n) is 12.3. The molecule has 1 amide bonds. The molecule has 3 rings (SSSR count). The Hall–Kier alpha value is -1.79. The van der Waals surface area contributed by atoms with Crippen molar-refractivity contribution < 1.29 is 9.18 Å². The van der Waals surface area contributed by atoms with Gasteiger partial charge in [-0.2, -0.15) is 0 Å². The lowest BCUT2D eigenvalue weighted by Gasteiger charge is -2.23. The van der Waals surface area contributed by atoms with Crippen molar-refractivity contribution in [1.82, 2.24) is 10.3 Å². The van der Waals surface area contributed by atoms with E-state index >= 15 is 0 Å². The summed E-state index contributed by atoms with van der Waals surface area (Å²) in [5, 5.41) is 3.86. The molecule has 0 fully saturated rings. The Balaban J connectivity index is 1.88. The molecular weight excluding hydrogens is 301 g/mol. The Bertz CT molecular complexity index is 681. The van der Waals surface area contributed by atoms with Crippen LogP contribution in [0.5, 0.6) is 0 Å². The summed E-state index contributed by atoms with van der Waals surface area (Å²) in [5.41, 5.74) is 7.56. The fourth-order valence-corrected chi connectivity index (χ4v) is 3.78. The summed E-state index contributed by atoms with van der Waals surface area (Å²) in [6.07, 6.45) is 2.80. The summed E-state index contributed by atoms with van der Waals surface area (Å²) in [6.45, 7) is 1.68. The van der Waals surface area contributed by atoms with E-state index in [0.717, 1.165) is 40.4 Å². The lowest BCUT2D eigenvalue weighted by atomic mass is 9.98. The number of aromatic nitrogens is 1. The monoisotopic (exact) mass is 319 g/mol. The molecule has 2 aromatic rings. The highest BCUT2D eigenvalue weighted by Crippen LogP contribution is 2.37. The second-order valence-electron chi connectivity index (χ2n) is 5.58. The van der Waals surface area contributed by atoms with Crippen molar-refractivity contribution in [2.24, 2.45) is 5.73 Å². The quantitative estimate of drug-likeness (QED) is 0.914. The molecule has 116 valence electrons. The van der Waals surface area contributed by atoms with Gasteiger partial charge in [0, 0.05) is 5.56 Å². The molecule has 0 aliphatic heterocycles. The van der Waals surface area contributed by atoms with Gasteiger partial charge in [-0.25, -0.2) is 9.37 Å². The fourth-order valence-electron chi connectivity index (χ4n) is 2.58. The van der Waals surface area contributed by atoms with Gasteiger partial charge in [0.05, 0.1) is 22.7 Å². The largest absolute Gasteiger partial charge is 0.347 e. The summed E-state index contributed by atoms with van der Waals surface area (Å²) in [4.78, 5) is 17.6. The van der Waals surface area contributed by atoms with E-state index in [9.17, 15) is 9.18 Å². The van der Waals surface area contributed by atoms with Crippen LogP contribution in [0.3, 0.4) is 0 Å². The van der Waals surface area contributed by atoms with Gasteiger partial charge in [-0.3, -0.25) is 4.79 Å². The summed E-state index contributed by atoms with van der Waals surface area (Å²) < 4.78 is 13.0. The molecule has 0 radical (unpaired) electrons. The lowest BCUT2D eigenvalue weighted by Crippen LogP contribution is -2.40. The van der Waals surface area contributed by atoms with Crippen LogP contribution in [0.2, 0.25) is 0 Å². The number of carbonyl (C=O) groups is 1. The van der Waals surface area contributed by atoms with Crippen LogP contribution < -0.4 is 11.1 Å². The van der Waals surface area contributed by atoms with E-state index in [0.29, 0.717) is 0 Å². The van der Waals surface area contributed by atoms with Crippen LogP contribution in [-0.2, 0) is 11.2 Å². The Morgan fingerprint density at radius 2 is 2.18 bits per heavy atom. The molecule has 4 nitrogen and oxygen atoms in total. The number of amides is 1. The number of fused-ring (bicyclic) bond motifs is 1. The maximum Gasteiger partial charge on any atom is 0.237 e. The summed E-state index contributed by atoms with van der Waals surface area (Å²) in [5.74, 6) is -0.401. The Kier molecular flexibility index (Phi) is 4.22. The van der Waals surface area contributed by atoms with Crippen molar-refractivity contribution in [1.29, 1.82) is 0 Å². The number of aryl methyl sites for hydroxylation is 1. The van der Waals surface area contributed by atoms with E-state index in [1.807, 2.05) is 0 Å². The molecule has 1 aromatic carbocycles. The number of nitrogens with one attached hydrogen (secondary N) is 1. The zero-order valence-corrected chi connectivity index (χ0v) is 13.1. The average Bonchev–Trinajstić information content (AvgIpc) is 2.93. The first kappa shape index (κ1) is 15.1. The van der Waals surface area contributed by atoms with E-state index in [2.05, 4.69) is 10.3 Å². The van der Waals surface area contributed by atoms with Gasteiger partial charge in [0.25, 0.3) is 0 Å². The molecule has 0 saturated heterocycles.